The number of nitrogens with zero attached hydrogens (tertiary/aromatic N) is 1. The topological polar surface area (TPSA) is 37.4 Å². The summed E-state index contributed by atoms with van der Waals surface area (Å²) in [6, 6.07) is 12.6. The fraction of sp³-hybridized carbons (Fsp3) is 0.250. The average Bonchev–Trinajstić information content (AvgIpc) is 2.44. The third kappa shape index (κ3) is 3.30. The van der Waals surface area contributed by atoms with E-state index in [0.29, 0.717) is 17.1 Å². The van der Waals surface area contributed by atoms with Gasteiger partial charge in [0.2, 0.25) is 0 Å². The number of benzene rings is 2. The van der Waals surface area contributed by atoms with Gasteiger partial charge in [0.25, 0.3) is 10.0 Å². The van der Waals surface area contributed by atoms with E-state index in [1.807, 2.05) is 45.0 Å². The molecule has 21 heavy (non-hydrogen) atoms. The van der Waals surface area contributed by atoms with Crippen molar-refractivity contribution in [2.24, 2.45) is 0 Å². The maximum Gasteiger partial charge on any atom is 0.264 e. The molecule has 2 rings (SSSR count). The Bertz CT molecular complexity index is 739. The molecule has 3 nitrogen and oxygen atoms in total. The van der Waals surface area contributed by atoms with E-state index < -0.39 is 10.0 Å². The van der Waals surface area contributed by atoms with Crippen LogP contribution in [-0.2, 0) is 10.0 Å². The molecule has 0 aliphatic rings. The van der Waals surface area contributed by atoms with Crippen LogP contribution in [0.2, 0.25) is 0 Å². The second kappa shape index (κ2) is 6.20. The molecule has 0 heterocycles. The van der Waals surface area contributed by atoms with Crippen LogP contribution in [0, 0.1) is 13.8 Å². The van der Waals surface area contributed by atoms with Crippen molar-refractivity contribution in [1.29, 1.82) is 0 Å². The van der Waals surface area contributed by atoms with Crippen molar-refractivity contribution in [3.8, 4) is 0 Å². The Hall–Kier alpha value is -1.33. The molecular weight excluding hydrogens is 350 g/mol. The number of hydrogen-bond acceptors (Lipinski definition) is 2. The zero-order valence-corrected chi connectivity index (χ0v) is 14.7. The lowest BCUT2D eigenvalue weighted by molar-refractivity contribution is 0.591. The normalized spacial score (nSPS) is 11.4. The summed E-state index contributed by atoms with van der Waals surface area (Å²) >= 11 is 3.39. The fourth-order valence-corrected chi connectivity index (χ4v) is 3.91. The summed E-state index contributed by atoms with van der Waals surface area (Å²) < 4.78 is 28.0. The second-order valence-corrected chi connectivity index (χ2v) is 7.63. The zero-order chi connectivity index (χ0) is 15.6. The SMILES string of the molecule is CCN(c1ccc(C)cc1)S(=O)(=O)c1ccc(Br)c(C)c1. The Labute approximate surface area is 134 Å². The van der Waals surface area contributed by atoms with Crippen molar-refractivity contribution in [2.75, 3.05) is 10.8 Å². The van der Waals surface area contributed by atoms with Crippen LogP contribution >= 0.6 is 15.9 Å². The third-order valence-electron chi connectivity index (χ3n) is 3.33. The Balaban J connectivity index is 2.49. The zero-order valence-electron chi connectivity index (χ0n) is 12.3. The minimum atomic E-state index is -3.54. The quantitative estimate of drug-likeness (QED) is 0.808. The molecule has 0 aliphatic heterocycles. The van der Waals surface area contributed by atoms with Crippen molar-refractivity contribution in [1.82, 2.24) is 0 Å². The van der Waals surface area contributed by atoms with Gasteiger partial charge in [-0.1, -0.05) is 33.6 Å². The Morgan fingerprint density at radius 1 is 1.05 bits per heavy atom. The smallest absolute Gasteiger partial charge is 0.264 e. The fourth-order valence-electron chi connectivity index (χ4n) is 2.11. The van der Waals surface area contributed by atoms with E-state index in [0.717, 1.165) is 15.6 Å². The van der Waals surface area contributed by atoms with E-state index in [2.05, 4.69) is 15.9 Å². The Kier molecular flexibility index (Phi) is 4.74. The third-order valence-corrected chi connectivity index (χ3v) is 6.12. The predicted molar refractivity (Wildman–Crippen MR) is 90.3 cm³/mol. The number of anilines is 1. The molecule has 0 saturated heterocycles. The molecule has 112 valence electrons. The van der Waals surface area contributed by atoms with E-state index in [1.165, 1.54) is 4.31 Å². The number of halogens is 1. The predicted octanol–water partition coefficient (Wildman–Crippen LogP) is 4.28. The molecule has 2 aromatic carbocycles. The van der Waals surface area contributed by atoms with Crippen LogP contribution < -0.4 is 4.31 Å². The first-order valence-electron chi connectivity index (χ1n) is 6.72. The maximum atomic E-state index is 12.8. The lowest BCUT2D eigenvalue weighted by Crippen LogP contribution is -2.30. The molecule has 0 N–H and O–H groups in total. The highest BCUT2D eigenvalue weighted by molar-refractivity contribution is 9.10. The van der Waals surface area contributed by atoms with Gasteiger partial charge in [0.15, 0.2) is 0 Å². The number of sulfonamides is 1. The molecule has 0 atom stereocenters. The van der Waals surface area contributed by atoms with Gasteiger partial charge in [0, 0.05) is 11.0 Å². The number of aryl methyl sites for hydroxylation is 2. The minimum absolute atomic E-state index is 0.311. The number of hydrogen-bond donors (Lipinski definition) is 0. The molecule has 0 aliphatic carbocycles. The highest BCUT2D eigenvalue weighted by Gasteiger charge is 2.23. The molecule has 0 unspecified atom stereocenters. The first kappa shape index (κ1) is 16.0. The molecule has 2 aromatic rings. The maximum absolute atomic E-state index is 12.8. The van der Waals surface area contributed by atoms with Crippen LogP contribution in [0.15, 0.2) is 51.8 Å². The molecule has 0 saturated carbocycles. The molecule has 0 amide bonds. The van der Waals surface area contributed by atoms with E-state index in [1.54, 1.807) is 18.2 Å². The summed E-state index contributed by atoms with van der Waals surface area (Å²) in [5, 5.41) is 0. The average molecular weight is 368 g/mol. The van der Waals surface area contributed by atoms with Crippen molar-refractivity contribution in [3.05, 3.63) is 58.1 Å². The lowest BCUT2D eigenvalue weighted by Gasteiger charge is -2.23. The lowest BCUT2D eigenvalue weighted by atomic mass is 10.2. The van der Waals surface area contributed by atoms with Crippen LogP contribution in [0.1, 0.15) is 18.1 Å². The summed E-state index contributed by atoms with van der Waals surface area (Å²) in [6.45, 7) is 6.08. The highest BCUT2D eigenvalue weighted by atomic mass is 79.9. The van der Waals surface area contributed by atoms with E-state index in [-0.39, 0.29) is 0 Å². The van der Waals surface area contributed by atoms with E-state index >= 15 is 0 Å². The molecule has 5 heteroatoms. The van der Waals surface area contributed by atoms with Gasteiger partial charge in [0.1, 0.15) is 0 Å². The standard InChI is InChI=1S/C16H18BrNO2S/c1-4-18(14-7-5-12(2)6-8-14)21(19,20)15-9-10-16(17)13(3)11-15/h5-11H,4H2,1-3H3. The Morgan fingerprint density at radius 2 is 1.67 bits per heavy atom. The molecule has 0 spiro atoms. The van der Waals surface area contributed by atoms with Gasteiger partial charge in [0.05, 0.1) is 10.6 Å². The molecule has 0 bridgehead atoms. The molecule has 0 aromatic heterocycles. The van der Waals surface area contributed by atoms with Crippen molar-refractivity contribution >= 4 is 31.6 Å². The summed E-state index contributed by atoms with van der Waals surface area (Å²) in [6.07, 6.45) is 0. The van der Waals surface area contributed by atoms with Crippen LogP contribution in [-0.4, -0.2) is 15.0 Å². The van der Waals surface area contributed by atoms with Gasteiger partial charge in [-0.25, -0.2) is 8.42 Å². The van der Waals surface area contributed by atoms with Gasteiger partial charge < -0.3 is 0 Å². The molecule has 0 fully saturated rings. The van der Waals surface area contributed by atoms with E-state index in [4.69, 9.17) is 0 Å². The monoisotopic (exact) mass is 367 g/mol. The molecule has 0 radical (unpaired) electrons. The number of rotatable bonds is 4. The Morgan fingerprint density at radius 3 is 2.19 bits per heavy atom. The van der Waals surface area contributed by atoms with Gasteiger partial charge in [-0.2, -0.15) is 0 Å². The molecular formula is C16H18BrNO2S. The van der Waals surface area contributed by atoms with Crippen LogP contribution in [0.25, 0.3) is 0 Å². The van der Waals surface area contributed by atoms with Crippen molar-refractivity contribution in [3.63, 3.8) is 0 Å². The van der Waals surface area contributed by atoms with Crippen molar-refractivity contribution in [2.45, 2.75) is 25.7 Å². The van der Waals surface area contributed by atoms with Crippen LogP contribution in [0.3, 0.4) is 0 Å². The second-order valence-electron chi connectivity index (χ2n) is 4.92. The van der Waals surface area contributed by atoms with E-state index in [9.17, 15) is 8.42 Å². The minimum Gasteiger partial charge on any atom is -0.267 e. The summed E-state index contributed by atoms with van der Waals surface area (Å²) in [5.41, 5.74) is 2.69. The summed E-state index contributed by atoms with van der Waals surface area (Å²) in [5.74, 6) is 0. The first-order valence-corrected chi connectivity index (χ1v) is 8.95. The highest BCUT2D eigenvalue weighted by Crippen LogP contribution is 2.26. The summed E-state index contributed by atoms with van der Waals surface area (Å²) in [7, 11) is -3.54. The van der Waals surface area contributed by atoms with Gasteiger partial charge in [-0.3, -0.25) is 4.31 Å². The summed E-state index contributed by atoms with van der Waals surface area (Å²) in [4.78, 5) is 0.311. The first-order chi connectivity index (χ1) is 9.86. The van der Waals surface area contributed by atoms with Crippen LogP contribution in [0.4, 0.5) is 5.69 Å². The van der Waals surface area contributed by atoms with Gasteiger partial charge in [-0.05, 0) is 56.7 Å². The van der Waals surface area contributed by atoms with Crippen LogP contribution in [0.5, 0.6) is 0 Å². The van der Waals surface area contributed by atoms with Gasteiger partial charge in [-0.15, -0.1) is 0 Å². The van der Waals surface area contributed by atoms with Gasteiger partial charge >= 0.3 is 0 Å². The largest absolute Gasteiger partial charge is 0.267 e. The van der Waals surface area contributed by atoms with Crippen molar-refractivity contribution < 1.29 is 8.42 Å².